The second kappa shape index (κ2) is 12.3. The van der Waals surface area contributed by atoms with E-state index in [9.17, 15) is 0 Å². The van der Waals surface area contributed by atoms with Gasteiger partial charge in [-0.2, -0.15) is 9.97 Å². The number of hydrogen-bond acceptors (Lipinski definition) is 4. The van der Waals surface area contributed by atoms with Gasteiger partial charge in [0.25, 0.3) is 0 Å². The molecule has 0 aliphatic heterocycles. The summed E-state index contributed by atoms with van der Waals surface area (Å²) in [5, 5.41) is 6.70. The van der Waals surface area contributed by atoms with Crippen LogP contribution < -0.4 is 0 Å². The van der Waals surface area contributed by atoms with E-state index < -0.39 is 0 Å². The van der Waals surface area contributed by atoms with Gasteiger partial charge in [0.2, 0.25) is 5.95 Å². The van der Waals surface area contributed by atoms with Crippen LogP contribution in [0.25, 0.3) is 111 Å². The van der Waals surface area contributed by atoms with Crippen LogP contribution in [0.2, 0.25) is 0 Å². The summed E-state index contributed by atoms with van der Waals surface area (Å²) in [5.41, 5.74) is 11.1. The van der Waals surface area contributed by atoms with Gasteiger partial charge < -0.3 is 8.98 Å². The zero-order valence-electron chi connectivity index (χ0n) is 30.5. The maximum atomic E-state index is 6.34. The third kappa shape index (κ3) is 4.94. The van der Waals surface area contributed by atoms with Crippen molar-refractivity contribution >= 4 is 65.6 Å². The number of furan rings is 1. The molecule has 266 valence electrons. The van der Waals surface area contributed by atoms with Gasteiger partial charge in [0.05, 0.1) is 22.1 Å². The van der Waals surface area contributed by atoms with E-state index in [1.54, 1.807) is 0 Å². The molecule has 0 radical (unpaired) electrons. The number of nitrogens with zero attached hydrogens (tertiary/aromatic N) is 5. The molecular formula is C51H31N5O. The number of benzene rings is 8. The molecule has 0 bridgehead atoms. The Morgan fingerprint density at radius 1 is 0.316 bits per heavy atom. The highest BCUT2D eigenvalue weighted by atomic mass is 16.3. The largest absolute Gasteiger partial charge is 0.456 e. The second-order valence-electron chi connectivity index (χ2n) is 14.5. The molecule has 0 aliphatic carbocycles. The monoisotopic (exact) mass is 729 g/mol. The molecule has 0 spiro atoms. The van der Waals surface area contributed by atoms with Gasteiger partial charge in [0.15, 0.2) is 11.6 Å². The summed E-state index contributed by atoms with van der Waals surface area (Å²) in [6.45, 7) is 0. The lowest BCUT2D eigenvalue weighted by Gasteiger charge is -2.12. The number of hydrogen-bond donors (Lipinski definition) is 0. The zero-order chi connectivity index (χ0) is 37.5. The van der Waals surface area contributed by atoms with E-state index in [0.29, 0.717) is 17.6 Å². The van der Waals surface area contributed by atoms with E-state index in [0.717, 1.165) is 82.5 Å². The van der Waals surface area contributed by atoms with Crippen molar-refractivity contribution in [2.24, 2.45) is 0 Å². The van der Waals surface area contributed by atoms with E-state index >= 15 is 0 Å². The average molecular weight is 730 g/mol. The molecule has 0 atom stereocenters. The van der Waals surface area contributed by atoms with Gasteiger partial charge in [0, 0.05) is 49.1 Å². The SMILES string of the molecule is c1ccc(-c2ccc3c(c2)c2ccccc2n3-c2nc(-c3ccc4c(c3)oc3ccccc34)nc(-c3ccc4c(c3)c3ccccc3n4-c3ccccc3)n2)cc1. The molecule has 4 heterocycles. The van der Waals surface area contributed by atoms with Crippen molar-refractivity contribution in [3.05, 3.63) is 188 Å². The first-order chi connectivity index (χ1) is 28.2. The lowest BCUT2D eigenvalue weighted by molar-refractivity contribution is 0.669. The minimum absolute atomic E-state index is 0.546. The van der Waals surface area contributed by atoms with E-state index in [1.165, 1.54) is 10.9 Å². The number of rotatable bonds is 5. The van der Waals surface area contributed by atoms with Crippen LogP contribution in [-0.2, 0) is 0 Å². The highest BCUT2D eigenvalue weighted by molar-refractivity contribution is 6.12. The van der Waals surface area contributed by atoms with Crippen molar-refractivity contribution < 1.29 is 4.42 Å². The maximum absolute atomic E-state index is 6.34. The first-order valence-electron chi connectivity index (χ1n) is 19.1. The Morgan fingerprint density at radius 3 is 1.56 bits per heavy atom. The van der Waals surface area contributed by atoms with Crippen LogP contribution in [0.5, 0.6) is 0 Å². The molecule has 0 unspecified atom stereocenters. The first kappa shape index (κ1) is 31.5. The highest BCUT2D eigenvalue weighted by Crippen LogP contribution is 2.38. The normalized spacial score (nSPS) is 11.9. The zero-order valence-corrected chi connectivity index (χ0v) is 30.5. The van der Waals surface area contributed by atoms with Gasteiger partial charge in [-0.25, -0.2) is 4.98 Å². The molecule has 12 aromatic rings. The summed E-state index contributed by atoms with van der Waals surface area (Å²) in [6.07, 6.45) is 0. The smallest absolute Gasteiger partial charge is 0.238 e. The van der Waals surface area contributed by atoms with Gasteiger partial charge in [0.1, 0.15) is 11.2 Å². The van der Waals surface area contributed by atoms with Crippen molar-refractivity contribution in [2.75, 3.05) is 0 Å². The van der Waals surface area contributed by atoms with Crippen molar-refractivity contribution in [2.45, 2.75) is 0 Å². The van der Waals surface area contributed by atoms with Crippen LogP contribution in [-0.4, -0.2) is 24.1 Å². The van der Waals surface area contributed by atoms with Gasteiger partial charge in [-0.1, -0.05) is 115 Å². The molecule has 0 N–H and O–H groups in total. The Balaban J connectivity index is 1.11. The third-order valence-electron chi connectivity index (χ3n) is 11.2. The summed E-state index contributed by atoms with van der Waals surface area (Å²) in [6, 6.07) is 65.6. The fourth-order valence-corrected chi connectivity index (χ4v) is 8.55. The minimum Gasteiger partial charge on any atom is -0.456 e. The summed E-state index contributed by atoms with van der Waals surface area (Å²) >= 11 is 0. The number of aromatic nitrogens is 5. The second-order valence-corrected chi connectivity index (χ2v) is 14.5. The van der Waals surface area contributed by atoms with Crippen LogP contribution >= 0.6 is 0 Å². The van der Waals surface area contributed by atoms with Crippen LogP contribution in [0.15, 0.2) is 192 Å². The molecule has 0 aliphatic rings. The Labute approximate surface area is 326 Å². The minimum atomic E-state index is 0.546. The fourth-order valence-electron chi connectivity index (χ4n) is 8.55. The van der Waals surface area contributed by atoms with Crippen molar-refractivity contribution in [1.82, 2.24) is 24.1 Å². The van der Waals surface area contributed by atoms with Crippen molar-refractivity contribution in [3.8, 4) is 45.5 Å². The molecule has 6 heteroatoms. The van der Waals surface area contributed by atoms with Gasteiger partial charge in [-0.05, 0) is 83.9 Å². The quantitative estimate of drug-likeness (QED) is 0.177. The lowest BCUT2D eigenvalue weighted by atomic mass is 10.0. The van der Waals surface area contributed by atoms with Crippen LogP contribution in [0.1, 0.15) is 0 Å². The van der Waals surface area contributed by atoms with Crippen LogP contribution in [0.4, 0.5) is 0 Å². The standard InChI is InChI=1S/C51H31N5O/c1-3-13-32(14-4-1)33-24-27-46-41(29-33)38-18-8-11-21-44(38)56(46)51-53-49(52-50(54-51)35-23-26-40-39-19-9-12-22-47(39)57-48(40)31-35)34-25-28-45-42(30-34)37-17-7-10-20-43(37)55(45)36-15-5-2-6-16-36/h1-31H. The summed E-state index contributed by atoms with van der Waals surface area (Å²) in [4.78, 5) is 15.8. The topological polar surface area (TPSA) is 61.7 Å². The van der Waals surface area contributed by atoms with Gasteiger partial charge in [-0.3, -0.25) is 4.57 Å². The van der Waals surface area contributed by atoms with Crippen molar-refractivity contribution in [1.29, 1.82) is 0 Å². The Kier molecular flexibility index (Phi) is 6.83. The van der Waals surface area contributed by atoms with Crippen molar-refractivity contribution in [3.63, 3.8) is 0 Å². The van der Waals surface area contributed by atoms with Gasteiger partial charge >= 0.3 is 0 Å². The van der Waals surface area contributed by atoms with E-state index in [-0.39, 0.29) is 0 Å². The Bertz CT molecular complexity index is 3520. The number of fused-ring (bicyclic) bond motifs is 9. The lowest BCUT2D eigenvalue weighted by Crippen LogP contribution is -2.06. The first-order valence-corrected chi connectivity index (χ1v) is 19.1. The molecule has 8 aromatic carbocycles. The molecule has 57 heavy (non-hydrogen) atoms. The van der Waals surface area contributed by atoms with Crippen LogP contribution in [0, 0.1) is 0 Å². The fraction of sp³-hybridized carbons (Fsp3) is 0. The molecule has 0 saturated carbocycles. The van der Waals surface area contributed by atoms with E-state index in [4.69, 9.17) is 19.4 Å². The van der Waals surface area contributed by atoms with Crippen LogP contribution in [0.3, 0.4) is 0 Å². The molecule has 0 fully saturated rings. The highest BCUT2D eigenvalue weighted by Gasteiger charge is 2.20. The molecule has 0 saturated heterocycles. The third-order valence-corrected chi connectivity index (χ3v) is 11.2. The maximum Gasteiger partial charge on any atom is 0.238 e. The number of para-hydroxylation sites is 4. The Morgan fingerprint density at radius 2 is 0.825 bits per heavy atom. The Hall–Kier alpha value is -7.83. The summed E-state index contributed by atoms with van der Waals surface area (Å²) < 4.78 is 10.8. The molecular weight excluding hydrogens is 699 g/mol. The molecule has 12 rings (SSSR count). The van der Waals surface area contributed by atoms with E-state index in [2.05, 4.69) is 173 Å². The molecule has 4 aromatic heterocycles. The molecule has 6 nitrogen and oxygen atoms in total. The average Bonchev–Trinajstić information content (AvgIpc) is 3.94. The van der Waals surface area contributed by atoms with Gasteiger partial charge in [-0.15, -0.1) is 0 Å². The summed E-state index contributed by atoms with van der Waals surface area (Å²) in [7, 11) is 0. The molecule has 0 amide bonds. The van der Waals surface area contributed by atoms with E-state index in [1.807, 2.05) is 24.3 Å². The predicted octanol–water partition coefficient (Wildman–Crippen LogP) is 13.0. The summed E-state index contributed by atoms with van der Waals surface area (Å²) in [5.74, 6) is 1.70. The predicted molar refractivity (Wildman–Crippen MR) is 232 cm³/mol.